The summed E-state index contributed by atoms with van der Waals surface area (Å²) in [5, 5.41) is 16.7. The maximum absolute atomic E-state index is 10.9. The molecule has 0 radical (unpaired) electrons. The lowest BCUT2D eigenvalue weighted by molar-refractivity contribution is 0.0697. The van der Waals surface area contributed by atoms with E-state index in [4.69, 9.17) is 9.52 Å². The summed E-state index contributed by atoms with van der Waals surface area (Å²) in [7, 11) is 0. The summed E-state index contributed by atoms with van der Waals surface area (Å²) in [5.41, 5.74) is 2.42. The van der Waals surface area contributed by atoms with Crippen LogP contribution in [0.4, 0.5) is 5.69 Å². The molecular weight excluding hydrogens is 246 g/mol. The molecule has 98 valence electrons. The van der Waals surface area contributed by atoms with Gasteiger partial charge < -0.3 is 14.4 Å². The van der Waals surface area contributed by atoms with Gasteiger partial charge in [0.1, 0.15) is 0 Å². The third-order valence-corrected chi connectivity index (χ3v) is 3.21. The van der Waals surface area contributed by atoms with E-state index in [2.05, 4.69) is 15.1 Å². The average Bonchev–Trinajstić information content (AvgIpc) is 2.96. The first-order valence-electron chi connectivity index (χ1n) is 6.03. The van der Waals surface area contributed by atoms with Gasteiger partial charge in [-0.2, -0.15) is 0 Å². The third-order valence-electron chi connectivity index (χ3n) is 3.21. The second-order valence-corrected chi connectivity index (χ2v) is 4.54. The van der Waals surface area contributed by atoms with Gasteiger partial charge in [-0.15, -0.1) is 10.2 Å². The molecule has 0 unspecified atom stereocenters. The lowest BCUT2D eigenvalue weighted by atomic mass is 10.1. The van der Waals surface area contributed by atoms with E-state index in [0.717, 1.165) is 24.2 Å². The van der Waals surface area contributed by atoms with Crippen molar-refractivity contribution in [2.45, 2.75) is 19.9 Å². The molecule has 0 fully saturated rings. The highest BCUT2D eigenvalue weighted by Crippen LogP contribution is 2.30. The van der Waals surface area contributed by atoms with Crippen molar-refractivity contribution in [3.63, 3.8) is 0 Å². The molecule has 19 heavy (non-hydrogen) atoms. The van der Waals surface area contributed by atoms with E-state index in [1.165, 1.54) is 0 Å². The van der Waals surface area contributed by atoms with E-state index in [0.29, 0.717) is 23.9 Å². The maximum atomic E-state index is 10.9. The van der Waals surface area contributed by atoms with Crippen molar-refractivity contribution >= 4 is 11.7 Å². The minimum absolute atomic E-state index is 0.328. The molecule has 6 nitrogen and oxygen atoms in total. The Morgan fingerprint density at radius 3 is 3.00 bits per heavy atom. The lowest BCUT2D eigenvalue weighted by Gasteiger charge is -2.16. The fourth-order valence-electron chi connectivity index (χ4n) is 2.33. The normalized spacial score (nSPS) is 13.6. The number of hydrogen-bond acceptors (Lipinski definition) is 5. The van der Waals surface area contributed by atoms with Crippen LogP contribution >= 0.6 is 0 Å². The number of carbonyl (C=O) groups is 1. The Kier molecular flexibility index (Phi) is 2.70. The maximum Gasteiger partial charge on any atom is 0.335 e. The Hall–Kier alpha value is -2.37. The molecule has 0 aliphatic carbocycles. The predicted octanol–water partition coefficient (Wildman–Crippen LogP) is 1.64. The summed E-state index contributed by atoms with van der Waals surface area (Å²) < 4.78 is 5.36. The van der Waals surface area contributed by atoms with E-state index in [1.54, 1.807) is 19.1 Å². The summed E-state index contributed by atoms with van der Waals surface area (Å²) >= 11 is 0. The first-order valence-corrected chi connectivity index (χ1v) is 6.03. The molecule has 0 saturated carbocycles. The standard InChI is InChI=1S/C13H13N3O3/c1-8-14-15-12(19-8)7-16-5-4-9-6-10(13(17)18)2-3-11(9)16/h2-3,6H,4-5,7H2,1H3,(H,17,18). The number of rotatable bonds is 3. The smallest absolute Gasteiger partial charge is 0.335 e. The monoisotopic (exact) mass is 259 g/mol. The third kappa shape index (κ3) is 2.16. The lowest BCUT2D eigenvalue weighted by Crippen LogP contribution is -2.19. The zero-order valence-electron chi connectivity index (χ0n) is 10.5. The number of carboxylic acids is 1. The quantitative estimate of drug-likeness (QED) is 0.902. The number of aryl methyl sites for hydroxylation is 1. The highest BCUT2D eigenvalue weighted by atomic mass is 16.4. The molecule has 1 aromatic carbocycles. The number of anilines is 1. The Labute approximate surface area is 109 Å². The Morgan fingerprint density at radius 2 is 2.32 bits per heavy atom. The number of hydrogen-bond donors (Lipinski definition) is 1. The number of benzene rings is 1. The van der Waals surface area contributed by atoms with Crippen molar-refractivity contribution in [2.24, 2.45) is 0 Å². The summed E-state index contributed by atoms with van der Waals surface area (Å²) in [6, 6.07) is 5.20. The van der Waals surface area contributed by atoms with Gasteiger partial charge in [-0.3, -0.25) is 0 Å². The number of fused-ring (bicyclic) bond motifs is 1. The molecule has 1 aromatic heterocycles. The summed E-state index contributed by atoms with van der Waals surface area (Å²) in [6.45, 7) is 3.15. The van der Waals surface area contributed by atoms with Crippen LogP contribution in [0.15, 0.2) is 22.6 Å². The van der Waals surface area contributed by atoms with Crippen LogP contribution in [-0.2, 0) is 13.0 Å². The molecule has 0 saturated heterocycles. The van der Waals surface area contributed by atoms with Crippen LogP contribution in [0.5, 0.6) is 0 Å². The summed E-state index contributed by atoms with van der Waals surface area (Å²) in [6.07, 6.45) is 0.837. The highest BCUT2D eigenvalue weighted by molar-refractivity contribution is 5.88. The van der Waals surface area contributed by atoms with Crippen molar-refractivity contribution < 1.29 is 14.3 Å². The van der Waals surface area contributed by atoms with Crippen molar-refractivity contribution in [3.05, 3.63) is 41.1 Å². The topological polar surface area (TPSA) is 79.5 Å². The van der Waals surface area contributed by atoms with Gasteiger partial charge in [0.15, 0.2) is 0 Å². The first-order chi connectivity index (χ1) is 9.13. The van der Waals surface area contributed by atoms with Crippen molar-refractivity contribution in [2.75, 3.05) is 11.4 Å². The fourth-order valence-corrected chi connectivity index (χ4v) is 2.33. The van der Waals surface area contributed by atoms with Crippen LogP contribution in [0.3, 0.4) is 0 Å². The molecule has 2 heterocycles. The molecule has 3 rings (SSSR count). The minimum Gasteiger partial charge on any atom is -0.478 e. The highest BCUT2D eigenvalue weighted by Gasteiger charge is 2.22. The molecule has 0 amide bonds. The van der Waals surface area contributed by atoms with Gasteiger partial charge in [0.25, 0.3) is 0 Å². The fraction of sp³-hybridized carbons (Fsp3) is 0.308. The van der Waals surface area contributed by atoms with Gasteiger partial charge in [0.2, 0.25) is 11.8 Å². The van der Waals surface area contributed by atoms with E-state index < -0.39 is 5.97 Å². The SMILES string of the molecule is Cc1nnc(CN2CCc3cc(C(=O)O)ccc32)o1. The van der Waals surface area contributed by atoms with E-state index in [1.807, 2.05) is 6.07 Å². The molecule has 0 atom stereocenters. The van der Waals surface area contributed by atoms with Crippen molar-refractivity contribution in [1.29, 1.82) is 0 Å². The van der Waals surface area contributed by atoms with Crippen LogP contribution in [0, 0.1) is 6.92 Å². The van der Waals surface area contributed by atoms with Gasteiger partial charge in [0.05, 0.1) is 12.1 Å². The predicted molar refractivity (Wildman–Crippen MR) is 67.2 cm³/mol. The summed E-state index contributed by atoms with van der Waals surface area (Å²) in [4.78, 5) is 13.0. The minimum atomic E-state index is -0.895. The van der Waals surface area contributed by atoms with E-state index >= 15 is 0 Å². The zero-order chi connectivity index (χ0) is 13.4. The van der Waals surface area contributed by atoms with Crippen LogP contribution in [0.25, 0.3) is 0 Å². The molecule has 1 aliphatic heterocycles. The molecular formula is C13H13N3O3. The van der Waals surface area contributed by atoms with Crippen LogP contribution < -0.4 is 4.90 Å². The largest absolute Gasteiger partial charge is 0.478 e. The van der Waals surface area contributed by atoms with Crippen LogP contribution in [0.1, 0.15) is 27.7 Å². The molecule has 2 aromatic rings. The molecule has 0 spiro atoms. The van der Waals surface area contributed by atoms with E-state index in [-0.39, 0.29) is 0 Å². The zero-order valence-corrected chi connectivity index (χ0v) is 10.5. The number of aromatic carboxylic acids is 1. The average molecular weight is 259 g/mol. The molecule has 0 bridgehead atoms. The number of aromatic nitrogens is 2. The second-order valence-electron chi connectivity index (χ2n) is 4.54. The Balaban J connectivity index is 1.84. The van der Waals surface area contributed by atoms with Crippen molar-refractivity contribution in [1.82, 2.24) is 10.2 Å². The number of nitrogens with zero attached hydrogens (tertiary/aromatic N) is 3. The van der Waals surface area contributed by atoms with E-state index in [9.17, 15) is 4.79 Å². The summed E-state index contributed by atoms with van der Waals surface area (Å²) in [5.74, 6) is 0.233. The van der Waals surface area contributed by atoms with Gasteiger partial charge >= 0.3 is 5.97 Å². The second kappa shape index (κ2) is 4.38. The Morgan fingerprint density at radius 1 is 1.47 bits per heavy atom. The number of carboxylic acid groups (broad SMARTS) is 1. The molecule has 1 N–H and O–H groups in total. The van der Waals surface area contributed by atoms with Gasteiger partial charge in [-0.1, -0.05) is 0 Å². The van der Waals surface area contributed by atoms with Crippen molar-refractivity contribution in [3.8, 4) is 0 Å². The Bertz CT molecular complexity index is 636. The first kappa shape index (κ1) is 11.7. The van der Waals surface area contributed by atoms with Crippen LogP contribution in [-0.4, -0.2) is 27.8 Å². The van der Waals surface area contributed by atoms with Gasteiger partial charge in [0, 0.05) is 19.2 Å². The van der Waals surface area contributed by atoms with Gasteiger partial charge in [-0.05, 0) is 30.2 Å². The molecule has 1 aliphatic rings. The van der Waals surface area contributed by atoms with Gasteiger partial charge in [-0.25, -0.2) is 4.79 Å². The molecule has 6 heteroatoms. The van der Waals surface area contributed by atoms with Crippen LogP contribution in [0.2, 0.25) is 0 Å².